The van der Waals surface area contributed by atoms with Crippen LogP contribution in [0.4, 0.5) is 5.69 Å². The summed E-state index contributed by atoms with van der Waals surface area (Å²) in [6, 6.07) is 17.1. The zero-order chi connectivity index (χ0) is 21.6. The number of carbonyl (C=O) groups excluding carboxylic acids is 1. The van der Waals surface area contributed by atoms with E-state index in [0.717, 1.165) is 34.7 Å². The van der Waals surface area contributed by atoms with Crippen LogP contribution < -0.4 is 4.31 Å². The van der Waals surface area contributed by atoms with E-state index in [1.54, 1.807) is 23.1 Å². The predicted molar refractivity (Wildman–Crippen MR) is 125 cm³/mol. The van der Waals surface area contributed by atoms with Crippen molar-refractivity contribution in [3.05, 3.63) is 70.7 Å². The summed E-state index contributed by atoms with van der Waals surface area (Å²) in [5, 5.41) is 0. The fourth-order valence-corrected chi connectivity index (χ4v) is 4.56. The fraction of sp³-hybridized carbons (Fsp3) is 0.318. The summed E-state index contributed by atoms with van der Waals surface area (Å²) < 4.78 is 26.5. The topological polar surface area (TPSA) is 60.9 Å². The zero-order valence-electron chi connectivity index (χ0n) is 16.9. The molecule has 2 aromatic carbocycles. The lowest BCUT2D eigenvalue weighted by Gasteiger charge is -2.35. The van der Waals surface area contributed by atoms with Crippen LogP contribution in [0.2, 0.25) is 0 Å². The third-order valence-corrected chi connectivity index (χ3v) is 6.61. The van der Waals surface area contributed by atoms with Gasteiger partial charge in [-0.25, -0.2) is 8.42 Å². The van der Waals surface area contributed by atoms with E-state index in [1.165, 1.54) is 5.56 Å². The van der Waals surface area contributed by atoms with Crippen molar-refractivity contribution in [2.75, 3.05) is 49.8 Å². The van der Waals surface area contributed by atoms with Crippen LogP contribution >= 0.6 is 15.9 Å². The number of hydrogen-bond donors (Lipinski definition) is 0. The van der Waals surface area contributed by atoms with Gasteiger partial charge in [0, 0.05) is 37.2 Å². The van der Waals surface area contributed by atoms with Crippen LogP contribution in [0.5, 0.6) is 0 Å². The molecule has 6 nitrogen and oxygen atoms in total. The average Bonchev–Trinajstić information content (AvgIpc) is 2.72. The largest absolute Gasteiger partial charge is 0.339 e. The van der Waals surface area contributed by atoms with E-state index < -0.39 is 10.0 Å². The first-order chi connectivity index (χ1) is 14.3. The van der Waals surface area contributed by atoms with E-state index in [4.69, 9.17) is 0 Å². The van der Waals surface area contributed by atoms with Gasteiger partial charge in [-0.2, -0.15) is 0 Å². The molecule has 30 heavy (non-hydrogen) atoms. The fourth-order valence-electron chi connectivity index (χ4n) is 3.34. The standard InChI is InChI=1S/C22H26BrN3O3S/c1-30(28,29)26(21-11-5-10-20(23)17-21)18-22(27)25-15-13-24(14-16-25)12-6-9-19-7-3-2-4-8-19/h2-11,17H,12-16,18H2,1H3/b9-6+. The van der Waals surface area contributed by atoms with Gasteiger partial charge in [-0.05, 0) is 23.8 Å². The first-order valence-corrected chi connectivity index (χ1v) is 12.4. The summed E-state index contributed by atoms with van der Waals surface area (Å²) in [5.41, 5.74) is 1.64. The second-order valence-electron chi connectivity index (χ2n) is 7.24. The smallest absolute Gasteiger partial charge is 0.243 e. The van der Waals surface area contributed by atoms with Gasteiger partial charge in [0.2, 0.25) is 15.9 Å². The molecule has 2 aromatic rings. The average molecular weight is 492 g/mol. The number of benzene rings is 2. The number of amides is 1. The molecule has 0 aromatic heterocycles. The summed E-state index contributed by atoms with van der Waals surface area (Å²) in [4.78, 5) is 16.8. The third-order valence-electron chi connectivity index (χ3n) is 4.97. The molecule has 3 rings (SSSR count). The van der Waals surface area contributed by atoms with Crippen LogP contribution in [0.15, 0.2) is 65.1 Å². The number of rotatable bonds is 7. The number of piperazine rings is 1. The molecule has 0 radical (unpaired) electrons. The molecule has 1 heterocycles. The molecular weight excluding hydrogens is 466 g/mol. The molecule has 0 spiro atoms. The van der Waals surface area contributed by atoms with Gasteiger partial charge >= 0.3 is 0 Å². The number of nitrogens with zero attached hydrogens (tertiary/aromatic N) is 3. The van der Waals surface area contributed by atoms with Gasteiger partial charge in [-0.15, -0.1) is 0 Å². The van der Waals surface area contributed by atoms with Crippen molar-refractivity contribution in [1.82, 2.24) is 9.80 Å². The normalized spacial score (nSPS) is 15.5. The van der Waals surface area contributed by atoms with Crippen LogP contribution in [-0.2, 0) is 14.8 Å². The molecule has 1 saturated heterocycles. The van der Waals surface area contributed by atoms with Gasteiger partial charge in [0.05, 0.1) is 11.9 Å². The minimum atomic E-state index is -3.57. The van der Waals surface area contributed by atoms with Crippen molar-refractivity contribution in [2.45, 2.75) is 0 Å². The van der Waals surface area contributed by atoms with Gasteiger partial charge in [0.25, 0.3) is 0 Å². The maximum atomic E-state index is 12.8. The first-order valence-electron chi connectivity index (χ1n) is 9.78. The molecule has 0 aliphatic carbocycles. The molecule has 8 heteroatoms. The van der Waals surface area contributed by atoms with E-state index in [9.17, 15) is 13.2 Å². The van der Waals surface area contributed by atoms with Crippen LogP contribution in [0.25, 0.3) is 6.08 Å². The molecule has 1 amide bonds. The Bertz CT molecular complexity index is 988. The highest BCUT2D eigenvalue weighted by atomic mass is 79.9. The molecule has 0 N–H and O–H groups in total. The summed E-state index contributed by atoms with van der Waals surface area (Å²) in [7, 11) is -3.57. The Labute approximate surface area is 187 Å². The Kier molecular flexibility index (Phi) is 7.69. The van der Waals surface area contributed by atoms with E-state index in [0.29, 0.717) is 18.8 Å². The highest BCUT2D eigenvalue weighted by Gasteiger charge is 2.26. The third kappa shape index (κ3) is 6.42. The van der Waals surface area contributed by atoms with Crippen molar-refractivity contribution >= 4 is 43.6 Å². The zero-order valence-corrected chi connectivity index (χ0v) is 19.3. The van der Waals surface area contributed by atoms with Crippen LogP contribution in [0.1, 0.15) is 5.56 Å². The molecule has 160 valence electrons. The predicted octanol–water partition coefficient (Wildman–Crippen LogP) is 3.07. The Morgan fingerprint density at radius 2 is 1.77 bits per heavy atom. The lowest BCUT2D eigenvalue weighted by atomic mass is 10.2. The van der Waals surface area contributed by atoms with E-state index in [1.807, 2.05) is 24.3 Å². The quantitative estimate of drug-likeness (QED) is 0.596. The monoisotopic (exact) mass is 491 g/mol. The van der Waals surface area contributed by atoms with Crippen molar-refractivity contribution in [2.24, 2.45) is 0 Å². The number of halogens is 1. The second kappa shape index (κ2) is 10.2. The van der Waals surface area contributed by atoms with Crippen LogP contribution in [-0.4, -0.2) is 69.6 Å². The first kappa shape index (κ1) is 22.5. The molecule has 1 aliphatic rings. The van der Waals surface area contributed by atoms with Crippen molar-refractivity contribution in [3.63, 3.8) is 0 Å². The lowest BCUT2D eigenvalue weighted by molar-refractivity contribution is -0.131. The number of carbonyl (C=O) groups is 1. The summed E-state index contributed by atoms with van der Waals surface area (Å²) in [6.45, 7) is 3.34. The summed E-state index contributed by atoms with van der Waals surface area (Å²) in [5.74, 6) is -0.181. The summed E-state index contributed by atoms with van der Waals surface area (Å²) in [6.07, 6.45) is 5.35. The van der Waals surface area contributed by atoms with Gasteiger partial charge < -0.3 is 4.90 Å². The van der Waals surface area contributed by atoms with Gasteiger partial charge in [-0.1, -0.05) is 64.5 Å². The second-order valence-corrected chi connectivity index (χ2v) is 10.1. The Balaban J connectivity index is 1.54. The maximum Gasteiger partial charge on any atom is 0.243 e. The number of anilines is 1. The van der Waals surface area contributed by atoms with E-state index in [-0.39, 0.29) is 12.5 Å². The SMILES string of the molecule is CS(=O)(=O)N(CC(=O)N1CCN(C/C=C/c2ccccc2)CC1)c1cccc(Br)c1. The molecule has 0 atom stereocenters. The molecule has 1 aliphatic heterocycles. The van der Waals surface area contributed by atoms with E-state index in [2.05, 4.69) is 45.1 Å². The van der Waals surface area contributed by atoms with Crippen molar-refractivity contribution < 1.29 is 13.2 Å². The molecule has 1 fully saturated rings. The Morgan fingerprint density at radius 1 is 1.07 bits per heavy atom. The van der Waals surface area contributed by atoms with Crippen LogP contribution in [0, 0.1) is 0 Å². The molecule has 0 saturated carbocycles. The molecule has 0 unspecified atom stereocenters. The van der Waals surface area contributed by atoms with Crippen molar-refractivity contribution in [1.29, 1.82) is 0 Å². The van der Waals surface area contributed by atoms with Gasteiger partial charge in [-0.3, -0.25) is 14.0 Å². The maximum absolute atomic E-state index is 12.8. The lowest BCUT2D eigenvalue weighted by Crippen LogP contribution is -2.51. The Morgan fingerprint density at radius 3 is 2.40 bits per heavy atom. The van der Waals surface area contributed by atoms with Crippen molar-refractivity contribution in [3.8, 4) is 0 Å². The highest BCUT2D eigenvalue weighted by molar-refractivity contribution is 9.10. The van der Waals surface area contributed by atoms with Gasteiger partial charge in [0.1, 0.15) is 6.54 Å². The molecular formula is C22H26BrN3O3S. The molecule has 0 bridgehead atoms. The number of sulfonamides is 1. The minimum Gasteiger partial charge on any atom is -0.339 e. The minimum absolute atomic E-state index is 0.181. The number of hydrogen-bond acceptors (Lipinski definition) is 4. The highest BCUT2D eigenvalue weighted by Crippen LogP contribution is 2.22. The van der Waals surface area contributed by atoms with Gasteiger partial charge in [0.15, 0.2) is 0 Å². The van der Waals surface area contributed by atoms with Crippen LogP contribution in [0.3, 0.4) is 0 Å². The summed E-state index contributed by atoms with van der Waals surface area (Å²) >= 11 is 3.35. The Hall–Kier alpha value is -2.16. The van der Waals surface area contributed by atoms with E-state index >= 15 is 0 Å².